The Morgan fingerprint density at radius 3 is 1.95 bits per heavy atom. The van der Waals surface area contributed by atoms with Crippen LogP contribution < -0.4 is 0 Å². The summed E-state index contributed by atoms with van der Waals surface area (Å²) in [5, 5.41) is 0. The molecule has 0 aliphatic carbocycles. The molecule has 0 aromatic carbocycles. The summed E-state index contributed by atoms with van der Waals surface area (Å²) >= 11 is 2.27. The van der Waals surface area contributed by atoms with Gasteiger partial charge >= 0.3 is 5.97 Å². The third kappa shape index (κ3) is 13.7. The van der Waals surface area contributed by atoms with Gasteiger partial charge in [0.05, 0.1) is 45.6 Å². The summed E-state index contributed by atoms with van der Waals surface area (Å²) in [6, 6.07) is 0. The number of halogens is 1. The molecule has 0 radical (unpaired) electrons. The van der Waals surface area contributed by atoms with Crippen molar-refractivity contribution in [3.05, 3.63) is 0 Å². The smallest absolute Gasteiger partial charge is 0.308 e. The molecule has 0 heterocycles. The summed E-state index contributed by atoms with van der Waals surface area (Å²) in [7, 11) is 0. The Morgan fingerprint density at radius 1 is 0.909 bits per heavy atom. The molecule has 1 unspecified atom stereocenters. The maximum Gasteiger partial charge on any atom is 0.308 e. The minimum absolute atomic E-state index is 0.0332. The van der Waals surface area contributed by atoms with Crippen molar-refractivity contribution in [2.75, 3.05) is 50.7 Å². The first-order valence-electron chi connectivity index (χ1n) is 8.22. The molecule has 0 aliphatic rings. The van der Waals surface area contributed by atoms with E-state index in [-0.39, 0.29) is 11.9 Å². The van der Waals surface area contributed by atoms with Gasteiger partial charge in [0.25, 0.3) is 0 Å². The summed E-state index contributed by atoms with van der Waals surface area (Å²) in [5.41, 5.74) is 0. The number of unbranched alkanes of at least 4 members (excludes halogenated alkanes) is 1. The lowest BCUT2D eigenvalue weighted by molar-refractivity contribution is -0.150. The van der Waals surface area contributed by atoms with Crippen molar-refractivity contribution in [3.8, 4) is 0 Å². The number of rotatable bonds is 16. The third-order valence-corrected chi connectivity index (χ3v) is 3.61. The van der Waals surface area contributed by atoms with Crippen molar-refractivity contribution in [3.63, 3.8) is 0 Å². The highest BCUT2D eigenvalue weighted by Crippen LogP contribution is 2.14. The van der Waals surface area contributed by atoms with Gasteiger partial charge in [-0.2, -0.15) is 0 Å². The van der Waals surface area contributed by atoms with Gasteiger partial charge in [0.15, 0.2) is 0 Å². The molecule has 6 heteroatoms. The van der Waals surface area contributed by atoms with Crippen LogP contribution in [-0.2, 0) is 23.7 Å². The number of alkyl halides is 1. The fourth-order valence-electron chi connectivity index (χ4n) is 1.85. The quantitative estimate of drug-likeness (QED) is 0.163. The molecule has 0 amide bonds. The van der Waals surface area contributed by atoms with Crippen LogP contribution in [0, 0.1) is 5.92 Å². The van der Waals surface area contributed by atoms with Crippen LogP contribution in [0.1, 0.15) is 39.5 Å². The maximum atomic E-state index is 11.8. The minimum atomic E-state index is -0.0942. The Balaban J connectivity index is 3.35. The second kappa shape index (κ2) is 17.4. The topological polar surface area (TPSA) is 54.0 Å². The predicted molar refractivity (Wildman–Crippen MR) is 95.6 cm³/mol. The molecule has 1 atom stereocenters. The van der Waals surface area contributed by atoms with Crippen molar-refractivity contribution in [1.82, 2.24) is 0 Å². The van der Waals surface area contributed by atoms with E-state index < -0.39 is 0 Å². The van der Waals surface area contributed by atoms with Gasteiger partial charge in [0.1, 0.15) is 6.61 Å². The van der Waals surface area contributed by atoms with Gasteiger partial charge in [-0.1, -0.05) is 49.3 Å². The van der Waals surface area contributed by atoms with Crippen molar-refractivity contribution < 1.29 is 23.7 Å². The average Bonchev–Trinajstić information content (AvgIpc) is 2.53. The molecule has 5 nitrogen and oxygen atoms in total. The zero-order chi connectivity index (χ0) is 16.5. The van der Waals surface area contributed by atoms with Gasteiger partial charge < -0.3 is 18.9 Å². The Hall–Kier alpha value is 0.0800. The SMILES string of the molecule is CCCCC(CC)C(=O)OCCOCCOCCOCCI. The molecule has 0 spiro atoms. The van der Waals surface area contributed by atoms with Crippen LogP contribution in [0.4, 0.5) is 0 Å². The summed E-state index contributed by atoms with van der Waals surface area (Å²) in [6.07, 6.45) is 3.94. The second-order valence-electron chi connectivity index (χ2n) is 4.94. The molecule has 0 aliphatic heterocycles. The highest BCUT2D eigenvalue weighted by molar-refractivity contribution is 14.1. The number of hydrogen-bond acceptors (Lipinski definition) is 5. The van der Waals surface area contributed by atoms with Crippen molar-refractivity contribution in [2.24, 2.45) is 5.92 Å². The van der Waals surface area contributed by atoms with Crippen LogP contribution in [0.2, 0.25) is 0 Å². The lowest BCUT2D eigenvalue weighted by Crippen LogP contribution is -2.20. The highest BCUT2D eigenvalue weighted by atomic mass is 127. The van der Waals surface area contributed by atoms with Gasteiger partial charge in [0, 0.05) is 4.43 Å². The van der Waals surface area contributed by atoms with Gasteiger partial charge in [-0.25, -0.2) is 0 Å². The van der Waals surface area contributed by atoms with E-state index in [0.29, 0.717) is 39.6 Å². The molecule has 0 fully saturated rings. The fourth-order valence-corrected chi connectivity index (χ4v) is 2.17. The zero-order valence-electron chi connectivity index (χ0n) is 14.0. The molecule has 22 heavy (non-hydrogen) atoms. The molecule has 0 saturated carbocycles. The number of esters is 1. The van der Waals surface area contributed by atoms with E-state index in [1.165, 1.54) is 0 Å². The zero-order valence-corrected chi connectivity index (χ0v) is 16.1. The average molecular weight is 430 g/mol. The van der Waals surface area contributed by atoms with Gasteiger partial charge in [0.2, 0.25) is 0 Å². The predicted octanol–water partition coefficient (Wildman–Crippen LogP) is 3.23. The Bertz CT molecular complexity index is 251. The normalized spacial score (nSPS) is 12.3. The van der Waals surface area contributed by atoms with Gasteiger partial charge in [-0.05, 0) is 12.8 Å². The van der Waals surface area contributed by atoms with Crippen LogP contribution in [0.5, 0.6) is 0 Å². The van der Waals surface area contributed by atoms with Crippen LogP contribution in [0.3, 0.4) is 0 Å². The lowest BCUT2D eigenvalue weighted by atomic mass is 10.00. The van der Waals surface area contributed by atoms with Crippen molar-refractivity contribution >= 4 is 28.6 Å². The van der Waals surface area contributed by atoms with Gasteiger partial charge in [-0.3, -0.25) is 4.79 Å². The van der Waals surface area contributed by atoms with E-state index in [1.54, 1.807) is 0 Å². The third-order valence-electron chi connectivity index (χ3n) is 3.17. The Morgan fingerprint density at radius 2 is 1.45 bits per heavy atom. The van der Waals surface area contributed by atoms with E-state index in [2.05, 4.69) is 29.5 Å². The lowest BCUT2D eigenvalue weighted by Gasteiger charge is -2.13. The molecule has 0 aromatic rings. The van der Waals surface area contributed by atoms with Gasteiger partial charge in [-0.15, -0.1) is 0 Å². The number of carbonyl (C=O) groups excluding carboxylic acids is 1. The molecule has 0 rings (SSSR count). The first-order chi connectivity index (χ1) is 10.8. The molecule has 0 bridgehead atoms. The van der Waals surface area contributed by atoms with Crippen LogP contribution >= 0.6 is 22.6 Å². The summed E-state index contributed by atoms with van der Waals surface area (Å²) < 4.78 is 22.2. The first kappa shape index (κ1) is 22.1. The van der Waals surface area contributed by atoms with Crippen molar-refractivity contribution in [1.29, 1.82) is 0 Å². The molecular formula is C16H31IO5. The van der Waals surface area contributed by atoms with E-state index in [1.807, 2.05) is 6.92 Å². The molecule has 0 N–H and O–H groups in total. The van der Waals surface area contributed by atoms with E-state index in [4.69, 9.17) is 18.9 Å². The van der Waals surface area contributed by atoms with Crippen LogP contribution in [0.15, 0.2) is 0 Å². The first-order valence-corrected chi connectivity index (χ1v) is 9.74. The molecular weight excluding hydrogens is 399 g/mol. The molecule has 0 aromatic heterocycles. The van der Waals surface area contributed by atoms with E-state index in [9.17, 15) is 4.79 Å². The Labute approximate surface area is 148 Å². The standard InChI is InChI=1S/C16H31IO5/c1-3-5-6-15(4-2)16(18)22-14-13-21-12-11-20-10-9-19-8-7-17/h15H,3-14H2,1-2H3. The fraction of sp³-hybridized carbons (Fsp3) is 0.938. The summed E-state index contributed by atoms with van der Waals surface area (Å²) in [6.45, 7) is 7.92. The van der Waals surface area contributed by atoms with Crippen LogP contribution in [-0.4, -0.2) is 56.6 Å². The number of hydrogen-bond donors (Lipinski definition) is 0. The maximum absolute atomic E-state index is 11.8. The minimum Gasteiger partial charge on any atom is -0.463 e. The Kier molecular flexibility index (Phi) is 17.5. The monoisotopic (exact) mass is 430 g/mol. The highest BCUT2D eigenvalue weighted by Gasteiger charge is 2.16. The number of ether oxygens (including phenoxy) is 4. The largest absolute Gasteiger partial charge is 0.463 e. The summed E-state index contributed by atoms with van der Waals surface area (Å²) in [4.78, 5) is 11.8. The second-order valence-corrected chi connectivity index (χ2v) is 6.02. The summed E-state index contributed by atoms with van der Waals surface area (Å²) in [5.74, 6) is -0.0611. The number of carbonyl (C=O) groups is 1. The molecule has 132 valence electrons. The van der Waals surface area contributed by atoms with Crippen LogP contribution in [0.25, 0.3) is 0 Å². The van der Waals surface area contributed by atoms with E-state index in [0.717, 1.165) is 36.7 Å². The van der Waals surface area contributed by atoms with E-state index >= 15 is 0 Å². The molecule has 0 saturated heterocycles. The van der Waals surface area contributed by atoms with Crippen molar-refractivity contribution in [2.45, 2.75) is 39.5 Å².